The van der Waals surface area contributed by atoms with Crippen molar-refractivity contribution in [2.45, 2.75) is 12.3 Å². The molecule has 2 aliphatic rings. The molecule has 20 heavy (non-hydrogen) atoms. The smallest absolute Gasteiger partial charge is 0.314 e. The minimum Gasteiger partial charge on any atom is -0.469 e. The van der Waals surface area contributed by atoms with Gasteiger partial charge in [-0.1, -0.05) is 24.3 Å². The molecule has 106 valence electrons. The van der Waals surface area contributed by atoms with Gasteiger partial charge in [0, 0.05) is 5.41 Å². The van der Waals surface area contributed by atoms with Gasteiger partial charge in [0.15, 0.2) is 0 Å². The third kappa shape index (κ3) is 1.66. The highest BCUT2D eigenvalue weighted by molar-refractivity contribution is 5.89. The average molecular weight is 276 g/mol. The van der Waals surface area contributed by atoms with Crippen LogP contribution in [0.5, 0.6) is 0 Å². The molecule has 1 aliphatic carbocycles. The Morgan fingerprint density at radius 3 is 2.95 bits per heavy atom. The minimum atomic E-state index is -0.718. The van der Waals surface area contributed by atoms with Crippen molar-refractivity contribution < 1.29 is 24.2 Å². The van der Waals surface area contributed by atoms with Crippen molar-refractivity contribution >= 4 is 11.9 Å². The molecule has 0 aromatic heterocycles. The van der Waals surface area contributed by atoms with E-state index in [-0.39, 0.29) is 13.2 Å². The van der Waals surface area contributed by atoms with E-state index in [0.29, 0.717) is 6.42 Å². The van der Waals surface area contributed by atoms with Gasteiger partial charge < -0.3 is 14.6 Å². The Hall–Kier alpha value is -1.88. The molecular formula is C15H16O5. The van der Waals surface area contributed by atoms with Crippen LogP contribution >= 0.6 is 0 Å². The largest absolute Gasteiger partial charge is 0.469 e. The first-order valence-corrected chi connectivity index (χ1v) is 6.56. The predicted octanol–water partition coefficient (Wildman–Crippen LogP) is 0.651. The number of methoxy groups -OCH3 is 1. The van der Waals surface area contributed by atoms with Gasteiger partial charge in [0.1, 0.15) is 6.61 Å². The molecule has 1 aromatic rings. The molecule has 5 nitrogen and oxygen atoms in total. The zero-order valence-electron chi connectivity index (χ0n) is 11.2. The number of hydrogen-bond donors (Lipinski definition) is 1. The van der Waals surface area contributed by atoms with E-state index < -0.39 is 29.2 Å². The van der Waals surface area contributed by atoms with Crippen molar-refractivity contribution in [3.05, 3.63) is 35.4 Å². The lowest BCUT2D eigenvalue weighted by Crippen LogP contribution is -2.46. The fourth-order valence-electron chi connectivity index (χ4n) is 3.44. The molecule has 5 heteroatoms. The molecule has 3 rings (SSSR count). The van der Waals surface area contributed by atoms with Crippen molar-refractivity contribution in [2.24, 2.45) is 11.3 Å². The van der Waals surface area contributed by atoms with E-state index in [4.69, 9.17) is 9.47 Å². The van der Waals surface area contributed by atoms with E-state index in [1.54, 1.807) is 0 Å². The lowest BCUT2D eigenvalue weighted by Gasteiger charge is -2.39. The molecule has 0 spiro atoms. The second kappa shape index (κ2) is 4.59. The molecule has 1 saturated heterocycles. The summed E-state index contributed by atoms with van der Waals surface area (Å²) in [6.07, 6.45) is 0.531. The van der Waals surface area contributed by atoms with Crippen LogP contribution in [0.4, 0.5) is 0 Å². The van der Waals surface area contributed by atoms with Gasteiger partial charge in [-0.3, -0.25) is 9.59 Å². The summed E-state index contributed by atoms with van der Waals surface area (Å²) in [7, 11) is 1.31. The van der Waals surface area contributed by atoms with Crippen LogP contribution in [0, 0.1) is 11.3 Å². The first-order valence-electron chi connectivity index (χ1n) is 6.56. The van der Waals surface area contributed by atoms with Crippen molar-refractivity contribution in [3.63, 3.8) is 0 Å². The Kier molecular flexibility index (Phi) is 3.01. The fraction of sp³-hybridized carbons (Fsp3) is 0.467. The van der Waals surface area contributed by atoms with E-state index in [0.717, 1.165) is 11.1 Å². The summed E-state index contributed by atoms with van der Waals surface area (Å²) < 4.78 is 10.0. The number of ether oxygens (including phenoxy) is 2. The lowest BCUT2D eigenvalue weighted by molar-refractivity contribution is -0.152. The second-order valence-electron chi connectivity index (χ2n) is 5.48. The third-order valence-electron chi connectivity index (χ3n) is 4.45. The molecule has 0 radical (unpaired) electrons. The van der Waals surface area contributed by atoms with Crippen LogP contribution in [0.2, 0.25) is 0 Å². The van der Waals surface area contributed by atoms with Crippen LogP contribution in [0.3, 0.4) is 0 Å². The third-order valence-corrected chi connectivity index (χ3v) is 4.45. The maximum atomic E-state index is 12.2. The zero-order valence-corrected chi connectivity index (χ0v) is 11.2. The highest BCUT2D eigenvalue weighted by Gasteiger charge is 2.59. The highest BCUT2D eigenvalue weighted by Crippen LogP contribution is 2.51. The zero-order chi connectivity index (χ0) is 14.3. The highest BCUT2D eigenvalue weighted by atomic mass is 16.5. The lowest BCUT2D eigenvalue weighted by atomic mass is 9.61. The van der Waals surface area contributed by atoms with Crippen LogP contribution in [0.25, 0.3) is 0 Å². The van der Waals surface area contributed by atoms with Crippen molar-refractivity contribution in [3.8, 4) is 0 Å². The Labute approximate surface area is 116 Å². The van der Waals surface area contributed by atoms with Crippen LogP contribution in [0.1, 0.15) is 17.0 Å². The number of hydrogen-bond acceptors (Lipinski definition) is 5. The number of benzene rings is 1. The normalized spacial score (nSPS) is 31.2. The van der Waals surface area contributed by atoms with E-state index in [9.17, 15) is 14.7 Å². The van der Waals surface area contributed by atoms with Gasteiger partial charge in [0.25, 0.3) is 0 Å². The van der Waals surface area contributed by atoms with Crippen LogP contribution < -0.4 is 0 Å². The number of aliphatic hydroxyl groups is 1. The van der Waals surface area contributed by atoms with Crippen molar-refractivity contribution in [1.29, 1.82) is 0 Å². The van der Waals surface area contributed by atoms with E-state index >= 15 is 0 Å². The Bertz CT molecular complexity index is 567. The van der Waals surface area contributed by atoms with Gasteiger partial charge in [-0.2, -0.15) is 0 Å². The number of cyclic esters (lactones) is 1. The summed E-state index contributed by atoms with van der Waals surface area (Å²) in [5.74, 6) is -2.26. The molecule has 1 aliphatic heterocycles. The summed E-state index contributed by atoms with van der Waals surface area (Å²) >= 11 is 0. The molecule has 1 aromatic carbocycles. The van der Waals surface area contributed by atoms with Gasteiger partial charge in [-0.05, 0) is 17.5 Å². The van der Waals surface area contributed by atoms with Crippen molar-refractivity contribution in [1.82, 2.24) is 0 Å². The van der Waals surface area contributed by atoms with Gasteiger partial charge in [-0.15, -0.1) is 0 Å². The van der Waals surface area contributed by atoms with Crippen LogP contribution in [-0.2, 0) is 25.5 Å². The summed E-state index contributed by atoms with van der Waals surface area (Å²) in [5.41, 5.74) is 1.04. The molecular weight excluding hydrogens is 260 g/mol. The van der Waals surface area contributed by atoms with Crippen molar-refractivity contribution in [2.75, 3.05) is 20.3 Å². The molecule has 0 unspecified atom stereocenters. The molecule has 1 heterocycles. The van der Waals surface area contributed by atoms with E-state index in [1.807, 2.05) is 24.3 Å². The number of carbonyl (C=O) groups is 2. The van der Waals surface area contributed by atoms with Gasteiger partial charge in [-0.25, -0.2) is 0 Å². The number of esters is 2. The van der Waals surface area contributed by atoms with E-state index in [1.165, 1.54) is 7.11 Å². The van der Waals surface area contributed by atoms with Gasteiger partial charge in [0.2, 0.25) is 0 Å². The van der Waals surface area contributed by atoms with Gasteiger partial charge in [0.05, 0.1) is 25.6 Å². The number of aliphatic hydroxyl groups excluding tert-OH is 1. The second-order valence-corrected chi connectivity index (χ2v) is 5.48. The molecule has 0 amide bonds. The summed E-state index contributed by atoms with van der Waals surface area (Å²) in [6.45, 7) is -0.0416. The SMILES string of the molecule is COC(=O)[C@H]1c2ccccc2C[C@@]2(CO)COC(=O)[C@@H]12. The predicted molar refractivity (Wildman–Crippen MR) is 68.9 cm³/mol. The monoisotopic (exact) mass is 276 g/mol. The topological polar surface area (TPSA) is 72.8 Å². The number of fused-ring (bicyclic) bond motifs is 2. The molecule has 0 saturated carbocycles. The summed E-state index contributed by atoms with van der Waals surface area (Å²) in [6, 6.07) is 7.47. The Morgan fingerprint density at radius 1 is 1.50 bits per heavy atom. The molecule has 0 bridgehead atoms. The summed E-state index contributed by atoms with van der Waals surface area (Å²) in [4.78, 5) is 24.2. The number of rotatable bonds is 2. The maximum absolute atomic E-state index is 12.2. The molecule has 1 N–H and O–H groups in total. The standard InChI is InChI=1S/C15H16O5/c1-19-13(17)11-10-5-3-2-4-9(10)6-15(7-16)8-20-14(18)12(11)15/h2-5,11-12,16H,6-8H2,1H3/t11-,12+,15+/m0/s1. The first-order chi connectivity index (χ1) is 9.63. The van der Waals surface area contributed by atoms with Crippen LogP contribution in [-0.4, -0.2) is 37.4 Å². The quantitative estimate of drug-likeness (QED) is 0.803. The minimum absolute atomic E-state index is 0.148. The maximum Gasteiger partial charge on any atom is 0.314 e. The first kappa shape index (κ1) is 13.1. The van der Waals surface area contributed by atoms with E-state index in [2.05, 4.69) is 0 Å². The molecule has 3 atom stereocenters. The van der Waals surface area contributed by atoms with Crippen LogP contribution in [0.15, 0.2) is 24.3 Å². The van der Waals surface area contributed by atoms with Gasteiger partial charge >= 0.3 is 11.9 Å². The molecule has 1 fully saturated rings. The summed E-state index contributed by atoms with van der Waals surface area (Å²) in [5, 5.41) is 9.78. The Morgan fingerprint density at radius 2 is 2.25 bits per heavy atom. The fourth-order valence-corrected chi connectivity index (χ4v) is 3.44. The number of carbonyl (C=O) groups excluding carboxylic acids is 2. The Balaban J connectivity index is 2.17. The average Bonchev–Trinajstić information content (AvgIpc) is 2.82.